The number of amides is 2. The van der Waals surface area contributed by atoms with Crippen LogP contribution < -0.4 is 10.6 Å². The van der Waals surface area contributed by atoms with Crippen LogP contribution in [0.2, 0.25) is 0 Å². The number of piperidine rings is 1. The van der Waals surface area contributed by atoms with E-state index in [0.717, 1.165) is 39.0 Å². The number of anilines is 1. The van der Waals surface area contributed by atoms with Crippen LogP contribution in [-0.2, 0) is 4.79 Å². The van der Waals surface area contributed by atoms with E-state index in [2.05, 4.69) is 10.6 Å². The third-order valence-electron chi connectivity index (χ3n) is 5.53. The maximum atomic E-state index is 13.0. The van der Waals surface area contributed by atoms with E-state index in [4.69, 9.17) is 0 Å². The lowest BCUT2D eigenvalue weighted by atomic mass is 9.78. The van der Waals surface area contributed by atoms with Crippen molar-refractivity contribution in [2.75, 3.05) is 31.5 Å². The summed E-state index contributed by atoms with van der Waals surface area (Å²) < 4.78 is 0. The second kappa shape index (κ2) is 6.79. The molecule has 0 aromatic heterocycles. The van der Waals surface area contributed by atoms with Crippen molar-refractivity contribution in [1.82, 2.24) is 10.2 Å². The van der Waals surface area contributed by atoms with Gasteiger partial charge < -0.3 is 15.5 Å². The maximum Gasteiger partial charge on any atom is 0.255 e. The van der Waals surface area contributed by atoms with Crippen molar-refractivity contribution in [3.63, 3.8) is 0 Å². The molecule has 0 radical (unpaired) electrons. The minimum atomic E-state index is -0.497. The number of nitrogens with zero attached hydrogens (tertiary/aromatic N) is 1. The molecule has 0 bridgehead atoms. The van der Waals surface area contributed by atoms with Crippen LogP contribution in [0.1, 0.15) is 50.4 Å². The molecular formula is C20H29N3O2. The molecule has 5 nitrogen and oxygen atoms in total. The quantitative estimate of drug-likeness (QED) is 0.868. The van der Waals surface area contributed by atoms with Gasteiger partial charge in [0.05, 0.1) is 11.3 Å². The minimum absolute atomic E-state index is 0.0191. The Bertz CT molecular complexity index is 647. The average Bonchev–Trinajstić information content (AvgIpc) is 3.03. The van der Waals surface area contributed by atoms with Gasteiger partial charge in [0.2, 0.25) is 5.91 Å². The molecular weight excluding hydrogens is 314 g/mol. The molecule has 2 amide bonds. The van der Waals surface area contributed by atoms with E-state index >= 15 is 0 Å². The number of likely N-dealkylation sites (tertiary alicyclic amines) is 1. The molecule has 2 aliphatic rings. The number of rotatable bonds is 2. The van der Waals surface area contributed by atoms with Crippen molar-refractivity contribution in [2.45, 2.75) is 40.0 Å². The summed E-state index contributed by atoms with van der Waals surface area (Å²) in [6, 6.07) is 7.32. The van der Waals surface area contributed by atoms with Crippen LogP contribution >= 0.6 is 0 Å². The van der Waals surface area contributed by atoms with Gasteiger partial charge in [0.1, 0.15) is 0 Å². The van der Waals surface area contributed by atoms with Crippen molar-refractivity contribution < 1.29 is 9.59 Å². The molecule has 25 heavy (non-hydrogen) atoms. The second-order valence-electron chi connectivity index (χ2n) is 8.47. The summed E-state index contributed by atoms with van der Waals surface area (Å²) in [7, 11) is 0. The van der Waals surface area contributed by atoms with Gasteiger partial charge in [-0.25, -0.2) is 0 Å². The zero-order chi connectivity index (χ0) is 18.1. The Morgan fingerprint density at radius 2 is 1.80 bits per heavy atom. The Balaban J connectivity index is 1.71. The highest BCUT2D eigenvalue weighted by atomic mass is 16.2. The summed E-state index contributed by atoms with van der Waals surface area (Å²) in [5.74, 6) is -0.0620. The summed E-state index contributed by atoms with van der Waals surface area (Å²) in [6.45, 7) is 9.36. The molecule has 0 saturated carbocycles. The fraction of sp³-hybridized carbons (Fsp3) is 0.600. The van der Waals surface area contributed by atoms with E-state index in [1.165, 1.54) is 6.42 Å². The molecule has 2 N–H and O–H groups in total. The zero-order valence-corrected chi connectivity index (χ0v) is 15.5. The number of nitrogens with one attached hydrogen (secondary N) is 2. The maximum absolute atomic E-state index is 13.0. The van der Waals surface area contributed by atoms with E-state index in [1.807, 2.05) is 49.9 Å². The van der Waals surface area contributed by atoms with Crippen LogP contribution in [-0.4, -0.2) is 42.9 Å². The van der Waals surface area contributed by atoms with Crippen LogP contribution in [0.3, 0.4) is 0 Å². The van der Waals surface area contributed by atoms with Gasteiger partial charge in [0.25, 0.3) is 5.91 Å². The number of carbonyl (C=O) groups is 2. The first-order chi connectivity index (χ1) is 11.8. The molecule has 0 unspecified atom stereocenters. The van der Waals surface area contributed by atoms with Crippen molar-refractivity contribution in [1.29, 1.82) is 0 Å². The van der Waals surface area contributed by atoms with Gasteiger partial charge in [0, 0.05) is 25.0 Å². The van der Waals surface area contributed by atoms with Gasteiger partial charge in [-0.15, -0.1) is 0 Å². The van der Waals surface area contributed by atoms with E-state index in [9.17, 15) is 9.59 Å². The lowest BCUT2D eigenvalue weighted by molar-refractivity contribution is -0.123. The van der Waals surface area contributed by atoms with E-state index in [1.54, 1.807) is 0 Å². The Morgan fingerprint density at radius 3 is 2.40 bits per heavy atom. The number of hydrogen-bond donors (Lipinski definition) is 2. The molecule has 2 heterocycles. The topological polar surface area (TPSA) is 61.4 Å². The molecule has 0 atom stereocenters. The predicted octanol–water partition coefficient (Wildman–Crippen LogP) is 2.89. The first-order valence-corrected chi connectivity index (χ1v) is 9.21. The highest BCUT2D eigenvalue weighted by molar-refractivity contribution is 6.04. The second-order valence-corrected chi connectivity index (χ2v) is 8.47. The molecule has 2 saturated heterocycles. The standard InChI is InChI=1S/C20H29N3O2/c1-19(2,3)18(25)22-16-7-5-4-6-15(16)17(24)23-12-9-20(10-13-23)8-11-21-14-20/h4-7,21H,8-14H2,1-3H3,(H,22,25). The van der Waals surface area contributed by atoms with Gasteiger partial charge in [0.15, 0.2) is 0 Å². The fourth-order valence-electron chi connectivity index (χ4n) is 3.67. The highest BCUT2D eigenvalue weighted by Gasteiger charge is 2.38. The van der Waals surface area contributed by atoms with Crippen LogP contribution in [0.15, 0.2) is 24.3 Å². The molecule has 2 fully saturated rings. The number of para-hydroxylation sites is 1. The summed E-state index contributed by atoms with van der Waals surface area (Å²) in [6.07, 6.45) is 3.33. The zero-order valence-electron chi connectivity index (χ0n) is 15.5. The van der Waals surface area contributed by atoms with Crippen molar-refractivity contribution in [3.8, 4) is 0 Å². The summed E-state index contributed by atoms with van der Waals surface area (Å²) in [5.41, 5.74) is 1.08. The van der Waals surface area contributed by atoms with E-state index < -0.39 is 5.41 Å². The Hall–Kier alpha value is -1.88. The first kappa shape index (κ1) is 17.9. The van der Waals surface area contributed by atoms with Crippen molar-refractivity contribution in [2.24, 2.45) is 10.8 Å². The molecule has 1 spiro atoms. The highest BCUT2D eigenvalue weighted by Crippen LogP contribution is 2.37. The molecule has 3 rings (SSSR count). The lowest BCUT2D eigenvalue weighted by Crippen LogP contribution is -2.44. The van der Waals surface area contributed by atoms with E-state index in [-0.39, 0.29) is 11.8 Å². The molecule has 1 aromatic carbocycles. The smallest absolute Gasteiger partial charge is 0.255 e. The molecule has 5 heteroatoms. The molecule has 1 aromatic rings. The largest absolute Gasteiger partial charge is 0.339 e. The Morgan fingerprint density at radius 1 is 1.12 bits per heavy atom. The minimum Gasteiger partial charge on any atom is -0.339 e. The lowest BCUT2D eigenvalue weighted by Gasteiger charge is -2.39. The number of carbonyl (C=O) groups excluding carboxylic acids is 2. The Labute approximate surface area is 150 Å². The summed E-state index contributed by atoms with van der Waals surface area (Å²) >= 11 is 0. The van der Waals surface area contributed by atoms with Gasteiger partial charge in [-0.05, 0) is 43.4 Å². The summed E-state index contributed by atoms with van der Waals surface area (Å²) in [4.78, 5) is 27.3. The van der Waals surface area contributed by atoms with Crippen molar-refractivity contribution >= 4 is 17.5 Å². The van der Waals surface area contributed by atoms with Gasteiger partial charge in [-0.3, -0.25) is 9.59 Å². The first-order valence-electron chi connectivity index (χ1n) is 9.21. The predicted molar refractivity (Wildman–Crippen MR) is 99.6 cm³/mol. The fourth-order valence-corrected chi connectivity index (χ4v) is 3.67. The van der Waals surface area contributed by atoms with Gasteiger partial charge in [-0.1, -0.05) is 32.9 Å². The monoisotopic (exact) mass is 343 g/mol. The summed E-state index contributed by atoms with van der Waals surface area (Å²) in [5, 5.41) is 6.38. The molecule has 136 valence electrons. The average molecular weight is 343 g/mol. The molecule has 2 aliphatic heterocycles. The van der Waals surface area contributed by atoms with Crippen LogP contribution in [0.5, 0.6) is 0 Å². The Kier molecular flexibility index (Phi) is 4.87. The van der Waals surface area contributed by atoms with Gasteiger partial charge in [-0.2, -0.15) is 0 Å². The number of benzene rings is 1. The number of hydrogen-bond acceptors (Lipinski definition) is 3. The van der Waals surface area contributed by atoms with Crippen LogP contribution in [0, 0.1) is 10.8 Å². The van der Waals surface area contributed by atoms with E-state index in [0.29, 0.717) is 16.7 Å². The third-order valence-corrected chi connectivity index (χ3v) is 5.53. The SMILES string of the molecule is CC(C)(C)C(=O)Nc1ccccc1C(=O)N1CCC2(CCNC2)CC1. The van der Waals surface area contributed by atoms with Crippen molar-refractivity contribution in [3.05, 3.63) is 29.8 Å². The third kappa shape index (κ3) is 3.87. The van der Waals surface area contributed by atoms with Crippen LogP contribution in [0.25, 0.3) is 0 Å². The molecule has 0 aliphatic carbocycles. The van der Waals surface area contributed by atoms with Gasteiger partial charge >= 0.3 is 0 Å². The normalized spacial score (nSPS) is 19.9. The van der Waals surface area contributed by atoms with Crippen LogP contribution in [0.4, 0.5) is 5.69 Å².